The van der Waals surface area contributed by atoms with Gasteiger partial charge in [0.1, 0.15) is 0 Å². The van der Waals surface area contributed by atoms with Crippen molar-refractivity contribution in [3.63, 3.8) is 0 Å². The van der Waals surface area contributed by atoms with Gasteiger partial charge in [0, 0.05) is 33.9 Å². The zero-order valence-electron chi connectivity index (χ0n) is 25.1. The second-order valence-electron chi connectivity index (χ2n) is 12.0. The molecule has 0 bridgehead atoms. The van der Waals surface area contributed by atoms with Gasteiger partial charge in [0.05, 0.1) is 0 Å². The van der Waals surface area contributed by atoms with Crippen LogP contribution in [0.5, 0.6) is 0 Å². The molecule has 0 radical (unpaired) electrons. The van der Waals surface area contributed by atoms with Gasteiger partial charge in [-0.05, 0) is 38.1 Å². The van der Waals surface area contributed by atoms with Crippen molar-refractivity contribution in [1.82, 2.24) is 15.0 Å². The third-order valence-corrected chi connectivity index (χ3v) is 9.22. The van der Waals surface area contributed by atoms with Crippen LogP contribution in [0, 0.1) is 11.8 Å². The number of rotatable bonds is 4. The van der Waals surface area contributed by atoms with Crippen LogP contribution >= 0.6 is 0 Å². The van der Waals surface area contributed by atoms with Gasteiger partial charge < -0.3 is 0 Å². The number of benzene rings is 6. The molecule has 0 N–H and O–H groups in total. The summed E-state index contributed by atoms with van der Waals surface area (Å²) in [6.07, 6.45) is 13.7. The van der Waals surface area contributed by atoms with E-state index >= 15 is 0 Å². The molecule has 0 aliphatic heterocycles. The van der Waals surface area contributed by atoms with E-state index in [1.54, 1.807) is 0 Å². The molecule has 2 unspecified atom stereocenters. The van der Waals surface area contributed by atoms with Gasteiger partial charge in [-0.1, -0.05) is 164 Å². The average molecular weight is 588 g/mol. The van der Waals surface area contributed by atoms with Crippen molar-refractivity contribution < 1.29 is 0 Å². The van der Waals surface area contributed by atoms with E-state index in [-0.39, 0.29) is 11.8 Å². The molecule has 9 rings (SSSR count). The van der Waals surface area contributed by atoms with Gasteiger partial charge in [0.15, 0.2) is 17.5 Å². The smallest absolute Gasteiger partial charge is 0.164 e. The first-order valence-electron chi connectivity index (χ1n) is 15.8. The normalized spacial score (nSPS) is 17.2. The van der Waals surface area contributed by atoms with Gasteiger partial charge in [0.25, 0.3) is 0 Å². The Bertz CT molecular complexity index is 2420. The van der Waals surface area contributed by atoms with Crippen molar-refractivity contribution in [3.05, 3.63) is 175 Å². The zero-order valence-corrected chi connectivity index (χ0v) is 25.1. The minimum Gasteiger partial charge on any atom is -0.208 e. The molecule has 0 fully saturated rings. The van der Waals surface area contributed by atoms with Crippen LogP contribution in [0.2, 0.25) is 0 Å². The summed E-state index contributed by atoms with van der Waals surface area (Å²) in [5.74, 6) is 2.57. The van der Waals surface area contributed by atoms with Crippen LogP contribution in [0.4, 0.5) is 0 Å². The topological polar surface area (TPSA) is 38.7 Å². The van der Waals surface area contributed by atoms with Crippen LogP contribution < -0.4 is 0 Å². The van der Waals surface area contributed by atoms with Gasteiger partial charge in [-0.2, -0.15) is 0 Å². The van der Waals surface area contributed by atoms with E-state index in [2.05, 4.69) is 146 Å². The van der Waals surface area contributed by atoms with E-state index < -0.39 is 0 Å². The lowest BCUT2D eigenvalue weighted by molar-refractivity contribution is 0.664. The Morgan fingerprint density at radius 2 is 1.00 bits per heavy atom. The zero-order chi connectivity index (χ0) is 30.5. The van der Waals surface area contributed by atoms with E-state index in [4.69, 9.17) is 15.0 Å². The second kappa shape index (κ2) is 10.9. The molecule has 216 valence electrons. The highest BCUT2D eigenvalue weighted by Gasteiger charge is 2.23. The predicted molar refractivity (Wildman–Crippen MR) is 191 cm³/mol. The van der Waals surface area contributed by atoms with Crippen LogP contribution in [0.3, 0.4) is 0 Å². The first-order chi connectivity index (χ1) is 22.8. The highest BCUT2D eigenvalue weighted by atomic mass is 15.0. The van der Waals surface area contributed by atoms with Gasteiger partial charge in [-0.3, -0.25) is 0 Å². The maximum Gasteiger partial charge on any atom is 0.164 e. The summed E-state index contributed by atoms with van der Waals surface area (Å²) < 4.78 is 0. The van der Waals surface area contributed by atoms with Gasteiger partial charge in [-0.25, -0.2) is 15.0 Å². The van der Waals surface area contributed by atoms with E-state index in [0.29, 0.717) is 17.5 Å². The fourth-order valence-corrected chi connectivity index (χ4v) is 6.92. The Kier molecular flexibility index (Phi) is 6.27. The van der Waals surface area contributed by atoms with Crippen molar-refractivity contribution in [2.24, 2.45) is 11.8 Å². The number of allylic oxidation sites excluding steroid dienone is 8. The molecule has 2 aliphatic carbocycles. The number of fused-ring (bicyclic) bond motifs is 6. The monoisotopic (exact) mass is 587 g/mol. The summed E-state index contributed by atoms with van der Waals surface area (Å²) in [5, 5.41) is 7.22. The van der Waals surface area contributed by atoms with Crippen molar-refractivity contribution >= 4 is 43.5 Å². The Morgan fingerprint density at radius 1 is 0.391 bits per heavy atom. The van der Waals surface area contributed by atoms with E-state index in [0.717, 1.165) is 27.5 Å². The lowest BCUT2D eigenvalue weighted by Gasteiger charge is -2.25. The highest BCUT2D eigenvalue weighted by Crippen LogP contribution is 2.39. The van der Waals surface area contributed by atoms with Crippen molar-refractivity contribution in [3.8, 4) is 22.8 Å². The van der Waals surface area contributed by atoms with E-state index in [1.807, 2.05) is 18.2 Å². The molecule has 0 saturated heterocycles. The van der Waals surface area contributed by atoms with Crippen LogP contribution in [0.1, 0.15) is 11.4 Å². The molecule has 3 nitrogen and oxygen atoms in total. The molecule has 0 amide bonds. The second-order valence-corrected chi connectivity index (χ2v) is 12.0. The number of aromatic nitrogens is 3. The fourth-order valence-electron chi connectivity index (χ4n) is 6.92. The van der Waals surface area contributed by atoms with E-state index in [1.165, 1.54) is 32.7 Å². The number of hydrogen-bond donors (Lipinski definition) is 0. The quantitative estimate of drug-likeness (QED) is 0.192. The van der Waals surface area contributed by atoms with Crippen LogP contribution in [-0.4, -0.2) is 15.0 Å². The molecule has 0 saturated carbocycles. The number of nitrogens with zero attached hydrogens (tertiary/aromatic N) is 3. The summed E-state index contributed by atoms with van der Waals surface area (Å²) >= 11 is 0. The summed E-state index contributed by atoms with van der Waals surface area (Å²) in [7, 11) is 0. The predicted octanol–water partition coefficient (Wildman–Crippen LogP) is 10.5. The molecule has 7 aromatic rings. The molecular formula is C43H29N3. The Balaban J connectivity index is 1.20. The molecule has 3 heteroatoms. The van der Waals surface area contributed by atoms with Crippen LogP contribution in [-0.2, 0) is 0 Å². The molecule has 1 heterocycles. The van der Waals surface area contributed by atoms with Crippen LogP contribution in [0.25, 0.3) is 66.2 Å². The lowest BCUT2D eigenvalue weighted by Crippen LogP contribution is -2.14. The number of hydrogen-bond acceptors (Lipinski definition) is 3. The van der Waals surface area contributed by atoms with Crippen molar-refractivity contribution in [2.75, 3.05) is 0 Å². The Hall–Kier alpha value is -5.93. The van der Waals surface area contributed by atoms with E-state index in [9.17, 15) is 0 Å². The third kappa shape index (κ3) is 4.56. The largest absolute Gasteiger partial charge is 0.208 e. The molecule has 46 heavy (non-hydrogen) atoms. The maximum atomic E-state index is 5.19. The SMILES string of the molecule is C1=CC2C=C(c3nc(-c4ccccc4)nc(-c4cccc5ccc6c7ccccc7ccc6c45)n3)C=CC2C=C1c1ccccc1. The molecule has 1 aromatic heterocycles. The standard InChI is InChI=1S/C43H29N3/c1-3-10-28(11-4-1)32-18-19-34-27-35(21-20-33(34)26-32)42-44-41(31-13-5-2-6-14-31)45-43(46-42)39-17-9-15-30-23-24-37-36-16-8-7-12-29(36)22-25-38(37)40(30)39/h1-27,33-34H. The molecule has 6 aromatic carbocycles. The maximum absolute atomic E-state index is 5.19. The fraction of sp³-hybridized carbons (Fsp3) is 0.0465. The Labute approximate surface area is 267 Å². The summed E-state index contributed by atoms with van der Waals surface area (Å²) in [6.45, 7) is 0. The van der Waals surface area contributed by atoms with Crippen molar-refractivity contribution in [2.45, 2.75) is 0 Å². The summed E-state index contributed by atoms with van der Waals surface area (Å²) in [4.78, 5) is 15.4. The third-order valence-electron chi connectivity index (χ3n) is 9.22. The summed E-state index contributed by atoms with van der Waals surface area (Å²) in [5.41, 5.74) is 5.48. The molecule has 2 atom stereocenters. The lowest BCUT2D eigenvalue weighted by atomic mass is 9.80. The first-order valence-corrected chi connectivity index (χ1v) is 15.8. The highest BCUT2D eigenvalue weighted by molar-refractivity contribution is 6.20. The van der Waals surface area contributed by atoms with Gasteiger partial charge in [0.2, 0.25) is 0 Å². The van der Waals surface area contributed by atoms with Gasteiger partial charge in [-0.15, -0.1) is 0 Å². The molecule has 0 spiro atoms. The van der Waals surface area contributed by atoms with Crippen molar-refractivity contribution in [1.29, 1.82) is 0 Å². The van der Waals surface area contributed by atoms with Gasteiger partial charge >= 0.3 is 0 Å². The van der Waals surface area contributed by atoms with Crippen LogP contribution in [0.15, 0.2) is 164 Å². The molecular weight excluding hydrogens is 558 g/mol. The first kappa shape index (κ1) is 26.5. The Morgan fingerprint density at radius 3 is 1.83 bits per heavy atom. The minimum absolute atomic E-state index is 0.239. The minimum atomic E-state index is 0.239. The molecule has 2 aliphatic rings. The average Bonchev–Trinajstić information content (AvgIpc) is 3.14. The summed E-state index contributed by atoms with van der Waals surface area (Å²) in [6, 6.07) is 44.7.